The molecule has 0 aliphatic carbocycles. The van der Waals surface area contributed by atoms with Gasteiger partial charge in [0.1, 0.15) is 6.33 Å². The number of nitrogens with zero attached hydrogens (tertiary/aromatic N) is 3. The van der Waals surface area contributed by atoms with Gasteiger partial charge in [-0.1, -0.05) is 12.1 Å². The number of aliphatic carboxylic acids is 1. The van der Waals surface area contributed by atoms with Crippen LogP contribution in [0.2, 0.25) is 0 Å². The van der Waals surface area contributed by atoms with Crippen LogP contribution in [0.4, 0.5) is 5.69 Å². The molecular formula is C12H14N4O4S. The maximum absolute atomic E-state index is 11.9. The van der Waals surface area contributed by atoms with Gasteiger partial charge in [0.15, 0.2) is 5.82 Å². The molecule has 0 fully saturated rings. The van der Waals surface area contributed by atoms with E-state index in [1.54, 1.807) is 35.9 Å². The number of anilines is 1. The molecule has 2 aromatic rings. The van der Waals surface area contributed by atoms with Crippen molar-refractivity contribution in [1.29, 1.82) is 0 Å². The van der Waals surface area contributed by atoms with Gasteiger partial charge in [0.25, 0.3) is 0 Å². The van der Waals surface area contributed by atoms with Crippen molar-refractivity contribution in [2.45, 2.75) is 6.42 Å². The van der Waals surface area contributed by atoms with Gasteiger partial charge in [0.05, 0.1) is 17.9 Å². The van der Waals surface area contributed by atoms with E-state index >= 15 is 0 Å². The van der Waals surface area contributed by atoms with E-state index in [4.69, 9.17) is 5.11 Å². The van der Waals surface area contributed by atoms with E-state index in [9.17, 15) is 13.2 Å². The van der Waals surface area contributed by atoms with Gasteiger partial charge in [-0.05, 0) is 12.1 Å². The Morgan fingerprint density at radius 3 is 2.71 bits per heavy atom. The molecule has 2 N–H and O–H groups in total. The van der Waals surface area contributed by atoms with Crippen LogP contribution in [0.5, 0.6) is 0 Å². The standard InChI is InChI=1S/C12H14N4O4S/c1-16-8-13-14-12(16)9-4-2-3-5-10(9)15-21(19,20)7-6-11(17)18/h2-5,8,15H,6-7H2,1H3,(H,17,18). The second kappa shape index (κ2) is 5.92. The van der Waals surface area contributed by atoms with Crippen LogP contribution in [0.15, 0.2) is 30.6 Å². The summed E-state index contributed by atoms with van der Waals surface area (Å²) in [5.74, 6) is -1.15. The van der Waals surface area contributed by atoms with Gasteiger partial charge >= 0.3 is 5.97 Å². The molecule has 0 unspecified atom stereocenters. The molecule has 112 valence electrons. The number of carbonyl (C=O) groups is 1. The molecule has 0 bridgehead atoms. The van der Waals surface area contributed by atoms with Crippen molar-refractivity contribution < 1.29 is 18.3 Å². The van der Waals surface area contributed by atoms with Gasteiger partial charge in [-0.3, -0.25) is 9.52 Å². The third-order valence-electron chi connectivity index (χ3n) is 2.73. The number of carboxylic acid groups (broad SMARTS) is 1. The molecule has 1 heterocycles. The van der Waals surface area contributed by atoms with Crippen molar-refractivity contribution in [1.82, 2.24) is 14.8 Å². The lowest BCUT2D eigenvalue weighted by molar-refractivity contribution is -0.136. The average Bonchev–Trinajstić information content (AvgIpc) is 2.83. The zero-order chi connectivity index (χ0) is 15.5. The van der Waals surface area contributed by atoms with Gasteiger partial charge in [-0.2, -0.15) is 0 Å². The van der Waals surface area contributed by atoms with E-state index in [0.717, 1.165) is 0 Å². The highest BCUT2D eigenvalue weighted by atomic mass is 32.2. The Balaban J connectivity index is 2.30. The van der Waals surface area contributed by atoms with Crippen LogP contribution in [0.25, 0.3) is 11.4 Å². The Kier molecular flexibility index (Phi) is 4.22. The molecule has 2 rings (SSSR count). The number of sulfonamides is 1. The van der Waals surface area contributed by atoms with E-state index in [1.807, 2.05) is 0 Å². The summed E-state index contributed by atoms with van der Waals surface area (Å²) in [6.45, 7) is 0. The first kappa shape index (κ1) is 15.0. The normalized spacial score (nSPS) is 11.3. The summed E-state index contributed by atoms with van der Waals surface area (Å²) in [5, 5.41) is 16.3. The molecule has 1 aromatic heterocycles. The first-order valence-electron chi connectivity index (χ1n) is 6.05. The molecule has 0 spiro atoms. The van der Waals surface area contributed by atoms with Crippen LogP contribution in [0.1, 0.15) is 6.42 Å². The number of benzene rings is 1. The monoisotopic (exact) mass is 310 g/mol. The Bertz CT molecular complexity index is 754. The number of aryl methyl sites for hydroxylation is 1. The van der Waals surface area contributed by atoms with Crippen molar-refractivity contribution in [2.75, 3.05) is 10.5 Å². The van der Waals surface area contributed by atoms with E-state index < -0.39 is 28.2 Å². The number of carboxylic acids is 1. The maximum Gasteiger partial charge on any atom is 0.304 e. The largest absolute Gasteiger partial charge is 0.481 e. The average molecular weight is 310 g/mol. The predicted molar refractivity (Wildman–Crippen MR) is 76.1 cm³/mol. The highest BCUT2D eigenvalue weighted by Crippen LogP contribution is 2.26. The van der Waals surface area contributed by atoms with Crippen LogP contribution < -0.4 is 4.72 Å². The second-order valence-electron chi connectivity index (χ2n) is 4.38. The minimum Gasteiger partial charge on any atom is -0.481 e. The summed E-state index contributed by atoms with van der Waals surface area (Å²) >= 11 is 0. The minimum absolute atomic E-state index is 0.332. The SMILES string of the molecule is Cn1cnnc1-c1ccccc1NS(=O)(=O)CCC(=O)O. The number of aromatic nitrogens is 3. The topological polar surface area (TPSA) is 114 Å². The van der Waals surface area contributed by atoms with E-state index in [2.05, 4.69) is 14.9 Å². The third-order valence-corrected chi connectivity index (χ3v) is 4.00. The highest BCUT2D eigenvalue weighted by molar-refractivity contribution is 7.92. The summed E-state index contributed by atoms with van der Waals surface area (Å²) in [6, 6.07) is 6.72. The molecule has 0 atom stereocenters. The molecule has 1 aromatic carbocycles. The fourth-order valence-electron chi connectivity index (χ4n) is 1.73. The summed E-state index contributed by atoms with van der Waals surface area (Å²) in [6.07, 6.45) is 1.05. The van der Waals surface area contributed by atoms with Crippen molar-refractivity contribution in [3.63, 3.8) is 0 Å². The number of nitrogens with one attached hydrogen (secondary N) is 1. The molecule has 0 saturated heterocycles. The first-order chi connectivity index (χ1) is 9.89. The number of hydrogen-bond acceptors (Lipinski definition) is 5. The summed E-state index contributed by atoms with van der Waals surface area (Å²) < 4.78 is 27.8. The lowest BCUT2D eigenvalue weighted by Crippen LogP contribution is -2.19. The van der Waals surface area contributed by atoms with Crippen LogP contribution >= 0.6 is 0 Å². The lowest BCUT2D eigenvalue weighted by Gasteiger charge is -2.11. The van der Waals surface area contributed by atoms with Crippen molar-refractivity contribution in [2.24, 2.45) is 7.05 Å². The molecule has 0 aliphatic heterocycles. The molecule has 9 heteroatoms. The van der Waals surface area contributed by atoms with E-state index in [1.165, 1.54) is 6.33 Å². The summed E-state index contributed by atoms with van der Waals surface area (Å²) in [4.78, 5) is 10.5. The van der Waals surface area contributed by atoms with Gasteiger partial charge in [0, 0.05) is 12.6 Å². The maximum atomic E-state index is 11.9. The highest BCUT2D eigenvalue weighted by Gasteiger charge is 2.17. The summed E-state index contributed by atoms with van der Waals surface area (Å²) in [7, 11) is -2.00. The molecular weight excluding hydrogens is 296 g/mol. The fourth-order valence-corrected chi connectivity index (χ4v) is 2.79. The van der Waals surface area contributed by atoms with Gasteiger partial charge < -0.3 is 9.67 Å². The van der Waals surface area contributed by atoms with Crippen LogP contribution in [-0.4, -0.2) is 40.0 Å². The molecule has 0 radical (unpaired) electrons. The number of para-hydroxylation sites is 1. The number of rotatable bonds is 6. The molecule has 21 heavy (non-hydrogen) atoms. The van der Waals surface area contributed by atoms with Gasteiger partial charge in [-0.15, -0.1) is 10.2 Å². The fraction of sp³-hybridized carbons (Fsp3) is 0.250. The van der Waals surface area contributed by atoms with Crippen LogP contribution in [0.3, 0.4) is 0 Å². The predicted octanol–water partition coefficient (Wildman–Crippen LogP) is 0.698. The molecule has 0 saturated carbocycles. The molecule has 0 amide bonds. The van der Waals surface area contributed by atoms with Crippen LogP contribution in [0, 0.1) is 0 Å². The van der Waals surface area contributed by atoms with Gasteiger partial charge in [-0.25, -0.2) is 8.42 Å². The van der Waals surface area contributed by atoms with Crippen molar-refractivity contribution >= 4 is 21.7 Å². The Hall–Kier alpha value is -2.42. The minimum atomic E-state index is -3.74. The van der Waals surface area contributed by atoms with Crippen LogP contribution in [-0.2, 0) is 21.9 Å². The van der Waals surface area contributed by atoms with E-state index in [0.29, 0.717) is 17.1 Å². The molecule has 0 aliphatic rings. The van der Waals surface area contributed by atoms with Crippen molar-refractivity contribution in [3.8, 4) is 11.4 Å². The first-order valence-corrected chi connectivity index (χ1v) is 7.70. The van der Waals surface area contributed by atoms with E-state index in [-0.39, 0.29) is 0 Å². The number of hydrogen-bond donors (Lipinski definition) is 2. The Morgan fingerprint density at radius 1 is 1.38 bits per heavy atom. The smallest absolute Gasteiger partial charge is 0.304 e. The Labute approximate surface area is 121 Å². The lowest BCUT2D eigenvalue weighted by atomic mass is 10.2. The zero-order valence-corrected chi connectivity index (χ0v) is 12.0. The third kappa shape index (κ3) is 3.78. The van der Waals surface area contributed by atoms with Crippen molar-refractivity contribution in [3.05, 3.63) is 30.6 Å². The molecule has 8 nitrogen and oxygen atoms in total. The summed E-state index contributed by atoms with van der Waals surface area (Å²) in [5.41, 5.74) is 0.899. The van der Waals surface area contributed by atoms with Gasteiger partial charge in [0.2, 0.25) is 10.0 Å². The zero-order valence-electron chi connectivity index (χ0n) is 11.2. The quantitative estimate of drug-likeness (QED) is 0.811. The Morgan fingerprint density at radius 2 is 2.10 bits per heavy atom. The second-order valence-corrected chi connectivity index (χ2v) is 6.22.